The Morgan fingerprint density at radius 1 is 1.50 bits per heavy atom. The molecule has 0 heterocycles. The lowest BCUT2D eigenvalue weighted by Crippen LogP contribution is -2.18. The summed E-state index contributed by atoms with van der Waals surface area (Å²) in [6.45, 7) is 4.71. The number of carbonyl (C=O) groups excluding carboxylic acids is 1. The average Bonchev–Trinajstić information content (AvgIpc) is 2.24. The normalized spacial score (nSPS) is 10.2. The Kier molecular flexibility index (Phi) is 5.49. The molecule has 0 atom stereocenters. The Bertz CT molecular complexity index is 366. The molecule has 0 saturated heterocycles. The molecule has 16 heavy (non-hydrogen) atoms. The van der Waals surface area contributed by atoms with Crippen LogP contribution in [-0.4, -0.2) is 19.1 Å². The first-order valence-corrected chi connectivity index (χ1v) is 6.06. The fraction of sp³-hybridized carbons (Fsp3) is 0.417. The maximum atomic E-state index is 11.5. The van der Waals surface area contributed by atoms with Crippen molar-refractivity contribution in [2.45, 2.75) is 20.3 Å². The van der Waals surface area contributed by atoms with Crippen LogP contribution in [0.25, 0.3) is 0 Å². The van der Waals surface area contributed by atoms with E-state index >= 15 is 0 Å². The van der Waals surface area contributed by atoms with Gasteiger partial charge in [0.05, 0.1) is 5.69 Å². The summed E-state index contributed by atoms with van der Waals surface area (Å²) in [5, 5.41) is 2.80. The second-order valence-electron chi connectivity index (χ2n) is 3.58. The van der Waals surface area contributed by atoms with E-state index in [0.29, 0.717) is 6.61 Å². The molecule has 0 aliphatic rings. The molecule has 0 fully saturated rings. The third kappa shape index (κ3) is 4.33. The largest absolute Gasteiger partial charge is 0.372 e. The summed E-state index contributed by atoms with van der Waals surface area (Å²) < 4.78 is 6.04. The Labute approximate surface area is 104 Å². The number of halogens is 1. The van der Waals surface area contributed by atoms with Gasteiger partial charge in [0.1, 0.15) is 6.61 Å². The molecule has 1 rings (SSSR count). The van der Waals surface area contributed by atoms with E-state index < -0.39 is 0 Å². The van der Waals surface area contributed by atoms with Crippen molar-refractivity contribution in [3.8, 4) is 0 Å². The van der Waals surface area contributed by atoms with E-state index in [9.17, 15) is 4.79 Å². The molecule has 1 N–H and O–H groups in total. The van der Waals surface area contributed by atoms with Crippen LogP contribution < -0.4 is 5.32 Å². The molecule has 0 saturated carbocycles. The van der Waals surface area contributed by atoms with Crippen LogP contribution in [0.15, 0.2) is 22.7 Å². The molecule has 0 bridgehead atoms. The zero-order valence-electron chi connectivity index (χ0n) is 9.55. The molecular formula is C12H16BrNO2. The van der Waals surface area contributed by atoms with E-state index in [1.54, 1.807) is 0 Å². The van der Waals surface area contributed by atoms with Gasteiger partial charge in [0, 0.05) is 11.1 Å². The molecule has 88 valence electrons. The van der Waals surface area contributed by atoms with Crippen molar-refractivity contribution in [2.24, 2.45) is 0 Å². The second-order valence-corrected chi connectivity index (χ2v) is 4.44. The number of hydrogen-bond donors (Lipinski definition) is 1. The lowest BCUT2D eigenvalue weighted by molar-refractivity contribution is -0.120. The van der Waals surface area contributed by atoms with Crippen molar-refractivity contribution in [2.75, 3.05) is 18.5 Å². The maximum Gasteiger partial charge on any atom is 0.250 e. The zero-order chi connectivity index (χ0) is 12.0. The first kappa shape index (κ1) is 13.2. The minimum Gasteiger partial charge on any atom is -0.372 e. The van der Waals surface area contributed by atoms with Gasteiger partial charge in [0.25, 0.3) is 0 Å². The van der Waals surface area contributed by atoms with Gasteiger partial charge in [-0.05, 0) is 47.0 Å². The molecule has 0 aromatic heterocycles. The van der Waals surface area contributed by atoms with Crippen LogP contribution in [0.4, 0.5) is 5.69 Å². The van der Waals surface area contributed by atoms with E-state index in [-0.39, 0.29) is 12.5 Å². The highest BCUT2D eigenvalue weighted by Crippen LogP contribution is 2.23. The van der Waals surface area contributed by atoms with Crippen molar-refractivity contribution < 1.29 is 9.53 Å². The first-order valence-electron chi connectivity index (χ1n) is 5.27. The van der Waals surface area contributed by atoms with Gasteiger partial charge < -0.3 is 10.1 Å². The van der Waals surface area contributed by atoms with E-state index in [4.69, 9.17) is 4.74 Å². The third-order valence-electron chi connectivity index (χ3n) is 1.98. The average molecular weight is 286 g/mol. The van der Waals surface area contributed by atoms with Crippen molar-refractivity contribution >= 4 is 27.5 Å². The third-order valence-corrected chi connectivity index (χ3v) is 2.67. The predicted octanol–water partition coefficient (Wildman–Crippen LogP) is 3.12. The summed E-state index contributed by atoms with van der Waals surface area (Å²) in [4.78, 5) is 11.5. The molecule has 0 aliphatic carbocycles. The number of nitrogens with one attached hydrogen (secondary N) is 1. The first-order chi connectivity index (χ1) is 7.63. The number of benzene rings is 1. The fourth-order valence-corrected chi connectivity index (χ4v) is 1.58. The number of anilines is 1. The van der Waals surface area contributed by atoms with Crippen LogP contribution in [-0.2, 0) is 9.53 Å². The molecule has 4 heteroatoms. The molecule has 1 aromatic rings. The lowest BCUT2D eigenvalue weighted by Gasteiger charge is -2.08. The molecule has 0 aliphatic heterocycles. The zero-order valence-corrected chi connectivity index (χ0v) is 11.1. The van der Waals surface area contributed by atoms with Crippen molar-refractivity contribution in [1.29, 1.82) is 0 Å². The summed E-state index contributed by atoms with van der Waals surface area (Å²) in [7, 11) is 0. The van der Waals surface area contributed by atoms with Gasteiger partial charge in [-0.1, -0.05) is 13.0 Å². The standard InChI is InChI=1S/C12H16BrNO2/c1-3-6-16-8-12(15)14-11-7-9(2)4-5-10(11)13/h4-5,7H,3,6,8H2,1-2H3,(H,14,15). The van der Waals surface area contributed by atoms with E-state index in [1.807, 2.05) is 32.0 Å². The summed E-state index contributed by atoms with van der Waals surface area (Å²) in [6, 6.07) is 5.81. The van der Waals surface area contributed by atoms with Crippen LogP contribution in [0.2, 0.25) is 0 Å². The number of carbonyl (C=O) groups is 1. The Hall–Kier alpha value is -0.870. The predicted molar refractivity (Wildman–Crippen MR) is 68.6 cm³/mol. The quantitative estimate of drug-likeness (QED) is 0.844. The molecule has 0 spiro atoms. The van der Waals surface area contributed by atoms with Gasteiger partial charge in [0.15, 0.2) is 0 Å². The molecule has 3 nitrogen and oxygen atoms in total. The molecule has 1 amide bonds. The molecular weight excluding hydrogens is 270 g/mol. The van der Waals surface area contributed by atoms with Crippen molar-refractivity contribution in [3.63, 3.8) is 0 Å². The van der Waals surface area contributed by atoms with Gasteiger partial charge in [-0.2, -0.15) is 0 Å². The number of hydrogen-bond acceptors (Lipinski definition) is 2. The smallest absolute Gasteiger partial charge is 0.250 e. The fourth-order valence-electron chi connectivity index (χ4n) is 1.23. The number of ether oxygens (including phenoxy) is 1. The summed E-state index contributed by atoms with van der Waals surface area (Å²) in [6.07, 6.45) is 0.918. The van der Waals surface area contributed by atoms with Crippen LogP contribution in [0.3, 0.4) is 0 Å². The minimum atomic E-state index is -0.125. The lowest BCUT2D eigenvalue weighted by atomic mass is 10.2. The SMILES string of the molecule is CCCOCC(=O)Nc1cc(C)ccc1Br. The minimum absolute atomic E-state index is 0.105. The maximum absolute atomic E-state index is 11.5. The van der Waals surface area contributed by atoms with Crippen LogP contribution in [0.5, 0.6) is 0 Å². The van der Waals surface area contributed by atoms with Crippen molar-refractivity contribution in [1.82, 2.24) is 0 Å². The Morgan fingerprint density at radius 2 is 2.25 bits per heavy atom. The monoisotopic (exact) mass is 285 g/mol. The van der Waals surface area contributed by atoms with Gasteiger partial charge in [-0.3, -0.25) is 4.79 Å². The Balaban J connectivity index is 2.52. The van der Waals surface area contributed by atoms with Crippen LogP contribution in [0.1, 0.15) is 18.9 Å². The summed E-state index contributed by atoms with van der Waals surface area (Å²) in [5.41, 5.74) is 1.89. The molecule has 0 radical (unpaired) electrons. The Morgan fingerprint density at radius 3 is 2.94 bits per heavy atom. The molecule has 0 unspecified atom stereocenters. The van der Waals surface area contributed by atoms with Gasteiger partial charge in [-0.25, -0.2) is 0 Å². The van der Waals surface area contributed by atoms with Gasteiger partial charge in [-0.15, -0.1) is 0 Å². The van der Waals surface area contributed by atoms with Crippen LogP contribution >= 0.6 is 15.9 Å². The molecule has 1 aromatic carbocycles. The van der Waals surface area contributed by atoms with E-state index in [0.717, 1.165) is 22.1 Å². The highest BCUT2D eigenvalue weighted by molar-refractivity contribution is 9.10. The number of amides is 1. The highest BCUT2D eigenvalue weighted by Gasteiger charge is 2.05. The van der Waals surface area contributed by atoms with Gasteiger partial charge in [0.2, 0.25) is 5.91 Å². The highest BCUT2D eigenvalue weighted by atomic mass is 79.9. The summed E-state index contributed by atoms with van der Waals surface area (Å²) in [5.74, 6) is -0.125. The topological polar surface area (TPSA) is 38.3 Å². The number of aryl methyl sites for hydroxylation is 1. The van der Waals surface area contributed by atoms with Gasteiger partial charge >= 0.3 is 0 Å². The van der Waals surface area contributed by atoms with Crippen molar-refractivity contribution in [3.05, 3.63) is 28.2 Å². The number of rotatable bonds is 5. The van der Waals surface area contributed by atoms with E-state index in [2.05, 4.69) is 21.2 Å². The second kappa shape index (κ2) is 6.66. The van der Waals surface area contributed by atoms with Crippen LogP contribution in [0, 0.1) is 6.92 Å². The summed E-state index contributed by atoms with van der Waals surface area (Å²) >= 11 is 3.39. The van der Waals surface area contributed by atoms with E-state index in [1.165, 1.54) is 0 Å².